The molecule has 0 saturated carbocycles. The molecule has 2 aromatic heterocycles. The second-order valence-electron chi connectivity index (χ2n) is 14.0. The quantitative estimate of drug-likeness (QED) is 0.162. The van der Waals surface area contributed by atoms with Crippen LogP contribution in [-0.2, 0) is 0 Å². The molecular weight excluding hydrogens is 673 g/mol. The molecule has 0 aliphatic heterocycles. The number of oxazole rings is 1. The summed E-state index contributed by atoms with van der Waals surface area (Å²) in [6.45, 7) is 0. The number of anilines is 3. The number of nitrogens with zero attached hydrogens (tertiary/aromatic N) is 2. The van der Waals surface area contributed by atoms with Crippen molar-refractivity contribution in [2.24, 2.45) is 0 Å². The van der Waals surface area contributed by atoms with Crippen molar-refractivity contribution in [1.82, 2.24) is 4.98 Å². The summed E-state index contributed by atoms with van der Waals surface area (Å²) in [6, 6.07) is 68.4. The number of hydrogen-bond donors (Lipinski definition) is 0. The van der Waals surface area contributed by atoms with Gasteiger partial charge in [-0.2, -0.15) is 0 Å². The topological polar surface area (TPSA) is 42.4 Å². The van der Waals surface area contributed by atoms with E-state index in [9.17, 15) is 0 Å². The van der Waals surface area contributed by atoms with Crippen molar-refractivity contribution in [3.8, 4) is 33.7 Å². The first kappa shape index (κ1) is 31.1. The van der Waals surface area contributed by atoms with Gasteiger partial charge in [0.15, 0.2) is 5.58 Å². The molecule has 0 saturated heterocycles. The van der Waals surface area contributed by atoms with Gasteiger partial charge < -0.3 is 13.7 Å². The minimum Gasteiger partial charge on any atom is -0.456 e. The van der Waals surface area contributed by atoms with Crippen LogP contribution in [0.4, 0.5) is 17.1 Å². The second kappa shape index (κ2) is 12.6. The van der Waals surface area contributed by atoms with Crippen molar-refractivity contribution in [1.29, 1.82) is 0 Å². The van der Waals surface area contributed by atoms with Gasteiger partial charge in [0.1, 0.15) is 16.7 Å². The molecule has 0 fully saturated rings. The molecule has 55 heavy (non-hydrogen) atoms. The van der Waals surface area contributed by atoms with E-state index < -0.39 is 0 Å². The summed E-state index contributed by atoms with van der Waals surface area (Å²) in [5, 5.41) is 7.12. The minimum absolute atomic E-state index is 0.604. The maximum Gasteiger partial charge on any atom is 0.227 e. The van der Waals surface area contributed by atoms with Gasteiger partial charge in [-0.25, -0.2) is 4.98 Å². The van der Waals surface area contributed by atoms with E-state index in [1.807, 2.05) is 36.4 Å². The number of aromatic nitrogens is 1. The van der Waals surface area contributed by atoms with E-state index in [2.05, 4.69) is 163 Å². The first-order chi connectivity index (χ1) is 27.2. The third-order valence-corrected chi connectivity index (χ3v) is 10.7. The van der Waals surface area contributed by atoms with Crippen molar-refractivity contribution < 1.29 is 8.83 Å². The Bertz CT molecular complexity index is 3180. The Labute approximate surface area is 317 Å². The number of fused-ring (bicyclic) bond motifs is 7. The lowest BCUT2D eigenvalue weighted by Gasteiger charge is -2.26. The first-order valence-corrected chi connectivity index (χ1v) is 18.5. The molecule has 11 rings (SSSR count). The van der Waals surface area contributed by atoms with Gasteiger partial charge in [-0.1, -0.05) is 115 Å². The van der Waals surface area contributed by atoms with Crippen LogP contribution in [-0.4, -0.2) is 4.98 Å². The van der Waals surface area contributed by atoms with Crippen LogP contribution in [0.3, 0.4) is 0 Å². The van der Waals surface area contributed by atoms with E-state index >= 15 is 0 Å². The lowest BCUT2D eigenvalue weighted by molar-refractivity contribution is 0.617. The average molecular weight is 705 g/mol. The van der Waals surface area contributed by atoms with E-state index in [-0.39, 0.29) is 0 Å². The van der Waals surface area contributed by atoms with Crippen LogP contribution in [0.15, 0.2) is 203 Å². The molecule has 9 aromatic carbocycles. The molecule has 0 bridgehead atoms. The molecule has 0 unspecified atom stereocenters. The molecule has 11 aromatic rings. The van der Waals surface area contributed by atoms with Crippen LogP contribution >= 0.6 is 0 Å². The number of hydrogen-bond acceptors (Lipinski definition) is 4. The van der Waals surface area contributed by atoms with Crippen LogP contribution in [0.25, 0.3) is 88.3 Å². The van der Waals surface area contributed by atoms with Crippen molar-refractivity contribution >= 4 is 71.6 Å². The highest BCUT2D eigenvalue weighted by atomic mass is 16.4. The third kappa shape index (κ3) is 5.34. The Morgan fingerprint density at radius 3 is 1.71 bits per heavy atom. The summed E-state index contributed by atoms with van der Waals surface area (Å²) in [6.07, 6.45) is 0. The number of benzene rings is 9. The van der Waals surface area contributed by atoms with Crippen molar-refractivity contribution in [3.63, 3.8) is 0 Å². The summed E-state index contributed by atoms with van der Waals surface area (Å²) >= 11 is 0. The van der Waals surface area contributed by atoms with E-state index in [0.717, 1.165) is 61.2 Å². The Morgan fingerprint density at radius 1 is 0.345 bits per heavy atom. The van der Waals surface area contributed by atoms with Gasteiger partial charge in [0, 0.05) is 39.5 Å². The summed E-state index contributed by atoms with van der Waals surface area (Å²) < 4.78 is 12.4. The molecule has 0 N–H and O–H groups in total. The molecule has 0 radical (unpaired) electrons. The Balaban J connectivity index is 0.945. The summed E-state index contributed by atoms with van der Waals surface area (Å²) in [7, 11) is 0. The Morgan fingerprint density at radius 2 is 0.945 bits per heavy atom. The zero-order chi connectivity index (χ0) is 36.3. The molecule has 0 spiro atoms. The third-order valence-electron chi connectivity index (χ3n) is 10.7. The van der Waals surface area contributed by atoms with E-state index in [1.54, 1.807) is 0 Å². The zero-order valence-corrected chi connectivity index (χ0v) is 29.7. The Hall–Kier alpha value is -7.43. The van der Waals surface area contributed by atoms with Crippen LogP contribution in [0.2, 0.25) is 0 Å². The minimum atomic E-state index is 0.604. The number of rotatable bonds is 6. The predicted octanol–water partition coefficient (Wildman–Crippen LogP) is 14.5. The molecule has 0 atom stereocenters. The van der Waals surface area contributed by atoms with E-state index in [0.29, 0.717) is 11.5 Å². The highest BCUT2D eigenvalue weighted by Crippen LogP contribution is 2.40. The highest BCUT2D eigenvalue weighted by Gasteiger charge is 2.17. The fourth-order valence-corrected chi connectivity index (χ4v) is 7.99. The molecule has 2 heterocycles. The van der Waals surface area contributed by atoms with Crippen LogP contribution in [0, 0.1) is 0 Å². The largest absolute Gasteiger partial charge is 0.456 e. The summed E-state index contributed by atoms with van der Waals surface area (Å²) in [5.41, 5.74) is 12.0. The SMILES string of the molecule is c1ccc(-c2nc3cc4c(cc3o2)oc2ccc(-c3ccc(N(c5ccccc5)c5ccc(-c6cc7ccccc7c7ccccc67)cc5)cc3)cc24)cc1. The molecule has 258 valence electrons. The zero-order valence-electron chi connectivity index (χ0n) is 29.7. The predicted molar refractivity (Wildman–Crippen MR) is 227 cm³/mol. The van der Waals surface area contributed by atoms with Crippen molar-refractivity contribution in [2.75, 3.05) is 4.90 Å². The van der Waals surface area contributed by atoms with Crippen LogP contribution in [0.1, 0.15) is 0 Å². The molecule has 0 aliphatic rings. The number of furan rings is 1. The van der Waals surface area contributed by atoms with Crippen molar-refractivity contribution in [2.45, 2.75) is 0 Å². The normalized spacial score (nSPS) is 11.6. The lowest BCUT2D eigenvalue weighted by Crippen LogP contribution is -2.09. The Kier molecular flexibility index (Phi) is 7.14. The van der Waals surface area contributed by atoms with Crippen LogP contribution in [0.5, 0.6) is 0 Å². The molecule has 4 nitrogen and oxygen atoms in total. The smallest absolute Gasteiger partial charge is 0.227 e. The molecular formula is C51H32N2O2. The van der Waals surface area contributed by atoms with Gasteiger partial charge in [0.2, 0.25) is 5.89 Å². The van der Waals surface area contributed by atoms with Crippen LogP contribution < -0.4 is 4.90 Å². The average Bonchev–Trinajstić information content (AvgIpc) is 3.84. The lowest BCUT2D eigenvalue weighted by atomic mass is 9.93. The molecule has 0 aliphatic carbocycles. The summed E-state index contributed by atoms with van der Waals surface area (Å²) in [4.78, 5) is 7.12. The van der Waals surface area contributed by atoms with Gasteiger partial charge in [-0.3, -0.25) is 0 Å². The molecule has 4 heteroatoms. The maximum absolute atomic E-state index is 6.30. The van der Waals surface area contributed by atoms with Crippen molar-refractivity contribution in [3.05, 3.63) is 194 Å². The standard InChI is InChI=1S/C51H32N2O2/c1-3-11-35(12-4-1)51-52-47-31-46-45-29-36(23-28-48(45)54-49(46)32-50(47)55-51)33-19-24-39(25-20-33)53(38-14-5-2-6-15-38)40-26-21-34(22-27-40)44-30-37-13-7-8-16-41(37)42-17-9-10-18-43(42)44/h1-32H. The van der Waals surface area contributed by atoms with Gasteiger partial charge in [-0.15, -0.1) is 0 Å². The van der Waals surface area contributed by atoms with Gasteiger partial charge >= 0.3 is 0 Å². The highest BCUT2D eigenvalue weighted by molar-refractivity contribution is 6.14. The fourth-order valence-electron chi connectivity index (χ4n) is 7.99. The second-order valence-corrected chi connectivity index (χ2v) is 14.0. The van der Waals surface area contributed by atoms with Gasteiger partial charge in [0.25, 0.3) is 0 Å². The fraction of sp³-hybridized carbons (Fsp3) is 0. The van der Waals surface area contributed by atoms with Gasteiger partial charge in [0.05, 0.1) is 0 Å². The molecule has 0 amide bonds. The van der Waals surface area contributed by atoms with Gasteiger partial charge in [-0.05, 0) is 117 Å². The monoisotopic (exact) mass is 704 g/mol. The summed E-state index contributed by atoms with van der Waals surface area (Å²) in [5.74, 6) is 0.604. The maximum atomic E-state index is 6.30. The van der Waals surface area contributed by atoms with E-state index in [1.165, 1.54) is 32.7 Å². The first-order valence-electron chi connectivity index (χ1n) is 18.5. The number of para-hydroxylation sites is 1. The van der Waals surface area contributed by atoms with E-state index in [4.69, 9.17) is 13.8 Å².